The third-order valence-corrected chi connectivity index (χ3v) is 5.20. The Balaban J connectivity index is 1.85. The number of nitrogens with zero attached hydrogens (tertiary/aromatic N) is 1. The maximum absolute atomic E-state index is 12.5. The number of hydrogen-bond acceptors (Lipinski definition) is 2. The molecule has 1 unspecified atom stereocenters. The van der Waals surface area contributed by atoms with E-state index in [1.54, 1.807) is 0 Å². The molecule has 0 N–H and O–H groups in total. The Hall–Kier alpha value is -1.15. The monoisotopic (exact) mass is 227 g/mol. The molecule has 4 atom stereocenters. The van der Waals surface area contributed by atoms with Gasteiger partial charge in [0.2, 0.25) is 0 Å². The van der Waals surface area contributed by atoms with Crippen molar-refractivity contribution in [3.63, 3.8) is 0 Å². The lowest BCUT2D eigenvalue weighted by atomic mass is 9.80. The van der Waals surface area contributed by atoms with Gasteiger partial charge in [0, 0.05) is 23.6 Å². The molecule has 1 aliphatic carbocycles. The molecule has 2 fully saturated rings. The zero-order chi connectivity index (χ0) is 11.6. The molecule has 2 nitrogen and oxygen atoms in total. The van der Waals surface area contributed by atoms with Crippen LogP contribution in [0.4, 0.5) is 0 Å². The first-order valence-corrected chi connectivity index (χ1v) is 6.62. The minimum atomic E-state index is 0.246. The Morgan fingerprint density at radius 1 is 1.24 bits per heavy atom. The van der Waals surface area contributed by atoms with Crippen LogP contribution in [0.1, 0.15) is 41.1 Å². The summed E-state index contributed by atoms with van der Waals surface area (Å²) >= 11 is 0. The van der Waals surface area contributed by atoms with Gasteiger partial charge in [-0.3, -0.25) is 9.69 Å². The standard InChI is InChI=1S/C15H17NO/c1-16-9-6-7-13(16)14-12(8-9)10-4-2-3-5-11(10)15(14)17/h2-5,9,12-14H,6-8H2,1H3/t9-,12-,13?,14+/m1/s1. The zero-order valence-electron chi connectivity index (χ0n) is 10.1. The molecule has 17 heavy (non-hydrogen) atoms. The molecule has 2 heterocycles. The number of fused-ring (bicyclic) bond motifs is 6. The van der Waals surface area contributed by atoms with Crippen molar-refractivity contribution in [3.05, 3.63) is 35.4 Å². The van der Waals surface area contributed by atoms with Gasteiger partial charge in [-0.2, -0.15) is 0 Å². The first-order chi connectivity index (χ1) is 8.27. The normalized spacial score (nSPS) is 39.2. The molecule has 0 aromatic heterocycles. The van der Waals surface area contributed by atoms with Crippen molar-refractivity contribution in [1.82, 2.24) is 4.90 Å². The molecule has 88 valence electrons. The van der Waals surface area contributed by atoms with E-state index < -0.39 is 0 Å². The van der Waals surface area contributed by atoms with Crippen LogP contribution < -0.4 is 0 Å². The Morgan fingerprint density at radius 3 is 2.94 bits per heavy atom. The van der Waals surface area contributed by atoms with Gasteiger partial charge in [0.25, 0.3) is 0 Å². The second-order valence-electron chi connectivity index (χ2n) is 5.78. The van der Waals surface area contributed by atoms with Gasteiger partial charge in [-0.15, -0.1) is 0 Å². The van der Waals surface area contributed by atoms with Crippen molar-refractivity contribution in [3.8, 4) is 0 Å². The molecule has 2 saturated heterocycles. The predicted octanol–water partition coefficient (Wildman–Crippen LogP) is 2.45. The molecular weight excluding hydrogens is 210 g/mol. The van der Waals surface area contributed by atoms with Crippen LogP contribution in [-0.4, -0.2) is 29.8 Å². The van der Waals surface area contributed by atoms with E-state index in [1.165, 1.54) is 24.8 Å². The highest BCUT2D eigenvalue weighted by Gasteiger charge is 2.52. The van der Waals surface area contributed by atoms with E-state index in [-0.39, 0.29) is 5.92 Å². The predicted molar refractivity (Wildman–Crippen MR) is 66.2 cm³/mol. The van der Waals surface area contributed by atoms with Crippen LogP contribution in [0.2, 0.25) is 0 Å². The topological polar surface area (TPSA) is 20.3 Å². The quantitative estimate of drug-likeness (QED) is 0.678. The number of hydrogen-bond donors (Lipinski definition) is 0. The van der Waals surface area contributed by atoms with Gasteiger partial charge in [-0.1, -0.05) is 24.3 Å². The van der Waals surface area contributed by atoms with Gasteiger partial charge in [0.15, 0.2) is 5.78 Å². The van der Waals surface area contributed by atoms with Crippen molar-refractivity contribution in [2.45, 2.75) is 37.3 Å². The van der Waals surface area contributed by atoms with E-state index in [2.05, 4.69) is 24.1 Å². The minimum Gasteiger partial charge on any atom is -0.300 e. The van der Waals surface area contributed by atoms with Crippen LogP contribution >= 0.6 is 0 Å². The maximum Gasteiger partial charge on any atom is 0.168 e. The van der Waals surface area contributed by atoms with Gasteiger partial charge in [0.05, 0.1) is 0 Å². The van der Waals surface area contributed by atoms with E-state index in [0.717, 1.165) is 5.56 Å². The number of carbonyl (C=O) groups is 1. The summed E-state index contributed by atoms with van der Waals surface area (Å²) in [6.45, 7) is 0. The fraction of sp³-hybridized carbons (Fsp3) is 0.533. The van der Waals surface area contributed by atoms with Crippen LogP contribution in [-0.2, 0) is 0 Å². The summed E-state index contributed by atoms with van der Waals surface area (Å²) in [7, 11) is 2.20. The molecule has 3 aliphatic rings. The van der Waals surface area contributed by atoms with E-state index >= 15 is 0 Å². The highest BCUT2D eigenvalue weighted by molar-refractivity contribution is 6.03. The lowest BCUT2D eigenvalue weighted by Gasteiger charge is -2.39. The summed E-state index contributed by atoms with van der Waals surface area (Å²) in [4.78, 5) is 15.0. The number of Topliss-reactive ketones (excluding diaryl/α,β-unsaturated/α-hetero) is 1. The molecule has 2 bridgehead atoms. The third kappa shape index (κ3) is 1.12. The van der Waals surface area contributed by atoms with Gasteiger partial charge in [-0.05, 0) is 37.8 Å². The zero-order valence-corrected chi connectivity index (χ0v) is 10.1. The van der Waals surface area contributed by atoms with Crippen molar-refractivity contribution >= 4 is 5.78 Å². The maximum atomic E-state index is 12.5. The molecule has 2 heteroatoms. The summed E-state index contributed by atoms with van der Waals surface area (Å²) in [5, 5.41) is 0. The van der Waals surface area contributed by atoms with Gasteiger partial charge >= 0.3 is 0 Å². The van der Waals surface area contributed by atoms with E-state index in [1.807, 2.05) is 12.1 Å². The minimum absolute atomic E-state index is 0.246. The summed E-state index contributed by atoms with van der Waals surface area (Å²) < 4.78 is 0. The lowest BCUT2D eigenvalue weighted by Crippen LogP contribution is -2.46. The molecule has 2 aliphatic heterocycles. The Labute approximate surface area is 102 Å². The molecule has 1 aromatic rings. The molecular formula is C15H17NO. The second-order valence-corrected chi connectivity index (χ2v) is 5.78. The molecule has 4 rings (SSSR count). The van der Waals surface area contributed by atoms with Crippen LogP contribution in [0, 0.1) is 5.92 Å². The number of carbonyl (C=O) groups excluding carboxylic acids is 1. The van der Waals surface area contributed by atoms with E-state index in [0.29, 0.717) is 23.8 Å². The second kappa shape index (κ2) is 3.20. The first kappa shape index (κ1) is 9.84. The molecule has 0 saturated carbocycles. The van der Waals surface area contributed by atoms with Gasteiger partial charge in [0.1, 0.15) is 0 Å². The first-order valence-electron chi connectivity index (χ1n) is 6.62. The largest absolute Gasteiger partial charge is 0.300 e. The Morgan fingerprint density at radius 2 is 2.06 bits per heavy atom. The van der Waals surface area contributed by atoms with Gasteiger partial charge < -0.3 is 0 Å². The fourth-order valence-corrected chi connectivity index (χ4v) is 4.37. The van der Waals surface area contributed by atoms with Crippen LogP contribution in [0.5, 0.6) is 0 Å². The van der Waals surface area contributed by atoms with Crippen LogP contribution in [0.3, 0.4) is 0 Å². The van der Waals surface area contributed by atoms with Gasteiger partial charge in [-0.25, -0.2) is 0 Å². The van der Waals surface area contributed by atoms with E-state index in [4.69, 9.17) is 0 Å². The van der Waals surface area contributed by atoms with Crippen LogP contribution in [0.15, 0.2) is 24.3 Å². The Kier molecular flexibility index (Phi) is 1.85. The van der Waals surface area contributed by atoms with Crippen molar-refractivity contribution in [1.29, 1.82) is 0 Å². The summed E-state index contributed by atoms with van der Waals surface area (Å²) in [5.41, 5.74) is 2.33. The molecule has 0 spiro atoms. The highest BCUT2D eigenvalue weighted by atomic mass is 16.1. The summed E-state index contributed by atoms with van der Waals surface area (Å²) in [5.74, 6) is 1.16. The lowest BCUT2D eigenvalue weighted by molar-refractivity contribution is 0.0697. The third-order valence-electron chi connectivity index (χ3n) is 5.20. The number of ketones is 1. The molecule has 0 amide bonds. The number of rotatable bonds is 0. The molecule has 0 radical (unpaired) electrons. The SMILES string of the molecule is CN1C2CC[C@@H]1C[C@@H]1c3ccccc3C(=O)[C@H]21. The van der Waals surface area contributed by atoms with Crippen molar-refractivity contribution in [2.75, 3.05) is 7.05 Å². The van der Waals surface area contributed by atoms with Crippen molar-refractivity contribution < 1.29 is 4.79 Å². The number of piperidine rings is 1. The van der Waals surface area contributed by atoms with E-state index in [9.17, 15) is 4.79 Å². The summed E-state index contributed by atoms with van der Waals surface area (Å²) in [6, 6.07) is 9.47. The van der Waals surface area contributed by atoms with Crippen LogP contribution in [0.25, 0.3) is 0 Å². The smallest absolute Gasteiger partial charge is 0.168 e. The summed E-state index contributed by atoms with van der Waals surface area (Å²) in [6.07, 6.45) is 3.67. The number of benzene rings is 1. The van der Waals surface area contributed by atoms with Crippen molar-refractivity contribution in [2.24, 2.45) is 5.92 Å². The Bertz CT molecular complexity index is 495. The fourth-order valence-electron chi connectivity index (χ4n) is 4.37. The average Bonchev–Trinajstić information content (AvgIpc) is 2.75. The average molecular weight is 227 g/mol. The highest BCUT2D eigenvalue weighted by Crippen LogP contribution is 2.51. The molecule has 1 aromatic carbocycles.